The molecule has 4 heteroatoms. The number of carbonyl (C=O) groups is 1. The summed E-state index contributed by atoms with van der Waals surface area (Å²) in [5.74, 6) is 3.00. The van der Waals surface area contributed by atoms with E-state index < -0.39 is 0 Å². The van der Waals surface area contributed by atoms with Gasteiger partial charge in [-0.3, -0.25) is 14.7 Å². The lowest BCUT2D eigenvalue weighted by atomic mass is 9.95. The summed E-state index contributed by atoms with van der Waals surface area (Å²) in [7, 11) is 1.85. The number of likely N-dealkylation sites (tertiary alicyclic amines) is 1. The zero-order chi connectivity index (χ0) is 14.4. The number of piperidine rings is 1. The second-order valence-corrected chi connectivity index (χ2v) is 5.27. The van der Waals surface area contributed by atoms with Crippen LogP contribution >= 0.6 is 0 Å². The molecule has 1 fully saturated rings. The van der Waals surface area contributed by atoms with Gasteiger partial charge in [-0.05, 0) is 38.1 Å². The molecule has 0 spiro atoms. The van der Waals surface area contributed by atoms with Gasteiger partial charge in [-0.15, -0.1) is 6.42 Å². The molecule has 1 aliphatic rings. The molecule has 0 aliphatic carbocycles. The SMILES string of the molecule is C#CCN1CCC(C(=O)N(C)Cc2ccccn2)CC1. The molecule has 0 unspecified atom stereocenters. The highest BCUT2D eigenvalue weighted by Gasteiger charge is 2.26. The zero-order valence-electron chi connectivity index (χ0n) is 12.0. The Bertz CT molecular complexity index is 472. The molecule has 1 aromatic rings. The summed E-state index contributed by atoms with van der Waals surface area (Å²) in [5, 5.41) is 0. The van der Waals surface area contributed by atoms with Crippen LogP contribution in [0.15, 0.2) is 24.4 Å². The molecule has 0 bridgehead atoms. The van der Waals surface area contributed by atoms with E-state index >= 15 is 0 Å². The summed E-state index contributed by atoms with van der Waals surface area (Å²) < 4.78 is 0. The van der Waals surface area contributed by atoms with Gasteiger partial charge in [0, 0.05) is 19.2 Å². The summed E-state index contributed by atoms with van der Waals surface area (Å²) in [6.07, 6.45) is 8.86. The molecule has 1 aliphatic heterocycles. The summed E-state index contributed by atoms with van der Waals surface area (Å²) in [6.45, 7) is 3.09. The fraction of sp³-hybridized carbons (Fsp3) is 0.500. The Morgan fingerprint density at radius 3 is 2.85 bits per heavy atom. The number of amides is 1. The van der Waals surface area contributed by atoms with Gasteiger partial charge in [0.25, 0.3) is 0 Å². The van der Waals surface area contributed by atoms with Crippen LogP contribution in [0.1, 0.15) is 18.5 Å². The molecule has 20 heavy (non-hydrogen) atoms. The number of terminal acetylenes is 1. The average Bonchev–Trinajstić information content (AvgIpc) is 2.48. The maximum absolute atomic E-state index is 12.4. The molecular formula is C16H21N3O. The smallest absolute Gasteiger partial charge is 0.225 e. The molecule has 1 amide bonds. The number of hydrogen-bond acceptors (Lipinski definition) is 3. The van der Waals surface area contributed by atoms with Crippen LogP contribution in [0.4, 0.5) is 0 Å². The molecule has 0 N–H and O–H groups in total. The molecule has 1 saturated heterocycles. The highest BCUT2D eigenvalue weighted by Crippen LogP contribution is 2.19. The molecule has 0 atom stereocenters. The fourth-order valence-corrected chi connectivity index (χ4v) is 2.59. The number of nitrogens with zero attached hydrogens (tertiary/aromatic N) is 3. The predicted molar refractivity (Wildman–Crippen MR) is 78.7 cm³/mol. The van der Waals surface area contributed by atoms with Gasteiger partial charge in [0.2, 0.25) is 5.91 Å². The minimum absolute atomic E-state index is 0.123. The van der Waals surface area contributed by atoms with Crippen LogP contribution in [0.3, 0.4) is 0 Å². The van der Waals surface area contributed by atoms with E-state index in [9.17, 15) is 4.79 Å². The summed E-state index contributed by atoms with van der Waals surface area (Å²) in [5.41, 5.74) is 0.924. The van der Waals surface area contributed by atoms with Crippen LogP contribution in [0, 0.1) is 18.3 Å². The van der Waals surface area contributed by atoms with E-state index in [0.29, 0.717) is 13.1 Å². The molecule has 106 valence electrons. The van der Waals surface area contributed by atoms with Crippen molar-refractivity contribution in [2.45, 2.75) is 19.4 Å². The van der Waals surface area contributed by atoms with Gasteiger partial charge < -0.3 is 4.90 Å². The molecule has 0 saturated carbocycles. The largest absolute Gasteiger partial charge is 0.340 e. The van der Waals surface area contributed by atoms with Crippen LogP contribution < -0.4 is 0 Å². The Morgan fingerprint density at radius 2 is 2.25 bits per heavy atom. The van der Waals surface area contributed by atoms with Crippen LogP contribution in [0.2, 0.25) is 0 Å². The third kappa shape index (κ3) is 3.82. The highest BCUT2D eigenvalue weighted by molar-refractivity contribution is 5.78. The van der Waals surface area contributed by atoms with E-state index in [1.54, 1.807) is 11.1 Å². The van der Waals surface area contributed by atoms with E-state index in [-0.39, 0.29) is 11.8 Å². The van der Waals surface area contributed by atoms with Crippen molar-refractivity contribution in [3.63, 3.8) is 0 Å². The second kappa shape index (κ2) is 7.06. The molecule has 2 rings (SSSR count). The first-order valence-electron chi connectivity index (χ1n) is 7.01. The van der Waals surface area contributed by atoms with Crippen molar-refractivity contribution in [1.29, 1.82) is 0 Å². The standard InChI is InChI=1S/C16H21N3O/c1-3-10-19-11-7-14(8-12-19)16(20)18(2)13-15-6-4-5-9-17-15/h1,4-6,9,14H,7-8,10-13H2,2H3. The number of rotatable bonds is 4. The van der Waals surface area contributed by atoms with Gasteiger partial charge in [-0.2, -0.15) is 0 Å². The average molecular weight is 271 g/mol. The van der Waals surface area contributed by atoms with Gasteiger partial charge in [0.05, 0.1) is 18.8 Å². The van der Waals surface area contributed by atoms with E-state index in [1.807, 2.05) is 25.2 Å². The monoisotopic (exact) mass is 271 g/mol. The first-order chi connectivity index (χ1) is 9.70. The second-order valence-electron chi connectivity index (χ2n) is 5.27. The van der Waals surface area contributed by atoms with E-state index in [1.165, 1.54) is 0 Å². The van der Waals surface area contributed by atoms with Gasteiger partial charge >= 0.3 is 0 Å². The zero-order valence-corrected chi connectivity index (χ0v) is 12.0. The fourth-order valence-electron chi connectivity index (χ4n) is 2.59. The van der Waals surface area contributed by atoms with Crippen LogP contribution in [-0.4, -0.2) is 47.4 Å². The van der Waals surface area contributed by atoms with Crippen molar-refractivity contribution in [1.82, 2.24) is 14.8 Å². The number of hydrogen-bond donors (Lipinski definition) is 0. The van der Waals surface area contributed by atoms with Gasteiger partial charge in [0.15, 0.2) is 0 Å². The first kappa shape index (κ1) is 14.5. The molecule has 0 radical (unpaired) electrons. The topological polar surface area (TPSA) is 36.4 Å². The third-order valence-electron chi connectivity index (χ3n) is 3.75. The first-order valence-corrected chi connectivity index (χ1v) is 7.01. The van der Waals surface area contributed by atoms with Crippen molar-refractivity contribution in [3.8, 4) is 12.3 Å². The van der Waals surface area contributed by atoms with Crippen molar-refractivity contribution in [3.05, 3.63) is 30.1 Å². The van der Waals surface area contributed by atoms with Gasteiger partial charge in [-0.1, -0.05) is 12.0 Å². The summed E-state index contributed by atoms with van der Waals surface area (Å²) >= 11 is 0. The lowest BCUT2D eigenvalue weighted by Crippen LogP contribution is -2.41. The van der Waals surface area contributed by atoms with Crippen molar-refractivity contribution >= 4 is 5.91 Å². The predicted octanol–water partition coefficient (Wildman–Crippen LogP) is 1.39. The molecule has 4 nitrogen and oxygen atoms in total. The molecule has 2 heterocycles. The Hall–Kier alpha value is -1.86. The molecule has 0 aromatic carbocycles. The van der Waals surface area contributed by atoms with Crippen molar-refractivity contribution in [2.75, 3.05) is 26.7 Å². The molecular weight excluding hydrogens is 250 g/mol. The van der Waals surface area contributed by atoms with Crippen LogP contribution in [-0.2, 0) is 11.3 Å². The maximum Gasteiger partial charge on any atom is 0.225 e. The number of pyridine rings is 1. The quantitative estimate of drug-likeness (QED) is 0.776. The normalized spacial score (nSPS) is 16.6. The Morgan fingerprint density at radius 1 is 1.50 bits per heavy atom. The van der Waals surface area contributed by atoms with Gasteiger partial charge in [0.1, 0.15) is 0 Å². The maximum atomic E-state index is 12.4. The van der Waals surface area contributed by atoms with Crippen LogP contribution in [0.25, 0.3) is 0 Å². The van der Waals surface area contributed by atoms with Crippen molar-refractivity contribution < 1.29 is 4.79 Å². The highest BCUT2D eigenvalue weighted by atomic mass is 16.2. The Labute approximate surface area is 120 Å². The van der Waals surface area contributed by atoms with E-state index in [0.717, 1.165) is 31.6 Å². The minimum Gasteiger partial charge on any atom is -0.340 e. The summed E-state index contributed by atoms with van der Waals surface area (Å²) in [4.78, 5) is 20.7. The van der Waals surface area contributed by atoms with E-state index in [2.05, 4.69) is 15.8 Å². The van der Waals surface area contributed by atoms with Crippen LogP contribution in [0.5, 0.6) is 0 Å². The van der Waals surface area contributed by atoms with Crippen molar-refractivity contribution in [2.24, 2.45) is 5.92 Å². The summed E-state index contributed by atoms with van der Waals surface area (Å²) in [6, 6.07) is 5.77. The van der Waals surface area contributed by atoms with Gasteiger partial charge in [-0.25, -0.2) is 0 Å². The number of carbonyl (C=O) groups excluding carboxylic acids is 1. The van der Waals surface area contributed by atoms with E-state index in [4.69, 9.17) is 6.42 Å². The Balaban J connectivity index is 1.84. The molecule has 1 aromatic heterocycles. The number of aromatic nitrogens is 1. The third-order valence-corrected chi connectivity index (χ3v) is 3.75. The Kier molecular flexibility index (Phi) is 5.14. The lowest BCUT2D eigenvalue weighted by Gasteiger charge is -2.32. The lowest BCUT2D eigenvalue weighted by molar-refractivity contribution is -0.136. The minimum atomic E-state index is 0.123.